The monoisotopic (exact) mass is 418 g/mol. The molecular weight excluding hydrogens is 399 g/mol. The molecule has 1 aliphatic rings. The molecule has 6 heteroatoms. The predicted octanol–water partition coefficient (Wildman–Crippen LogP) is 2.49. The van der Waals surface area contributed by atoms with Crippen molar-refractivity contribution in [1.82, 2.24) is 9.62 Å². The second-order valence-corrected chi connectivity index (χ2v) is 8.27. The molecule has 0 atom stereocenters. The first-order valence-electron chi connectivity index (χ1n) is 6.83. The van der Waals surface area contributed by atoms with Gasteiger partial charge in [-0.3, -0.25) is 4.31 Å². The minimum absolute atomic E-state index is 0.125. The summed E-state index contributed by atoms with van der Waals surface area (Å²) in [6.45, 7) is 3.51. The van der Waals surface area contributed by atoms with Crippen molar-refractivity contribution in [3.05, 3.63) is 57.3 Å². The number of hydrogen-bond donors (Lipinski definition) is 1. The van der Waals surface area contributed by atoms with Gasteiger partial charge in [-0.1, -0.05) is 24.3 Å². The molecule has 0 unspecified atom stereocenters. The van der Waals surface area contributed by atoms with E-state index in [0.717, 1.165) is 12.1 Å². The van der Waals surface area contributed by atoms with Crippen LogP contribution in [0.2, 0.25) is 0 Å². The number of sulfonamides is 1. The van der Waals surface area contributed by atoms with Crippen LogP contribution in [-0.4, -0.2) is 31.6 Å². The largest absolute Gasteiger partial charge is 0.309 e. The summed E-state index contributed by atoms with van der Waals surface area (Å²) < 4.78 is 26.3. The van der Waals surface area contributed by atoms with Gasteiger partial charge in [-0.15, -0.1) is 0 Å². The fraction of sp³-hybridized carbons (Fsp3) is 0.333. The Morgan fingerprint density at radius 1 is 1.33 bits per heavy atom. The van der Waals surface area contributed by atoms with E-state index in [1.165, 1.54) is 13.4 Å². The first-order valence-corrected chi connectivity index (χ1v) is 9.52. The minimum atomic E-state index is -3.16. The van der Waals surface area contributed by atoms with Crippen molar-refractivity contribution < 1.29 is 8.42 Å². The van der Waals surface area contributed by atoms with Crippen LogP contribution < -0.4 is 5.32 Å². The van der Waals surface area contributed by atoms with Gasteiger partial charge >= 0.3 is 0 Å². The summed E-state index contributed by atoms with van der Waals surface area (Å²) >= 11 is 2.29. The summed E-state index contributed by atoms with van der Waals surface area (Å²) in [6, 6.07) is 8.30. The van der Waals surface area contributed by atoms with E-state index in [1.54, 1.807) is 13.1 Å². The van der Waals surface area contributed by atoms with Gasteiger partial charge in [-0.05, 0) is 52.8 Å². The van der Waals surface area contributed by atoms with E-state index in [9.17, 15) is 8.42 Å². The van der Waals surface area contributed by atoms with E-state index >= 15 is 0 Å². The maximum atomic E-state index is 11.9. The molecule has 1 N–H and O–H groups in total. The number of benzene rings is 1. The maximum absolute atomic E-state index is 11.9. The molecule has 1 aromatic rings. The third-order valence-electron chi connectivity index (χ3n) is 3.20. The molecule has 4 nitrogen and oxygen atoms in total. The third kappa shape index (κ3) is 4.82. The third-order valence-corrected chi connectivity index (χ3v) is 5.57. The Bertz CT molecular complexity index is 653. The van der Waals surface area contributed by atoms with Crippen molar-refractivity contribution in [2.24, 2.45) is 0 Å². The van der Waals surface area contributed by atoms with Gasteiger partial charge in [0.05, 0.1) is 12.3 Å². The number of halogens is 1. The zero-order valence-corrected chi connectivity index (χ0v) is 14.9. The Morgan fingerprint density at radius 2 is 2.14 bits per heavy atom. The van der Waals surface area contributed by atoms with Crippen molar-refractivity contribution in [2.45, 2.75) is 13.5 Å². The zero-order chi connectivity index (χ0) is 15.3. The van der Waals surface area contributed by atoms with E-state index in [1.807, 2.05) is 18.2 Å². The van der Waals surface area contributed by atoms with Crippen molar-refractivity contribution in [1.29, 1.82) is 0 Å². The molecule has 1 heterocycles. The highest BCUT2D eigenvalue weighted by Crippen LogP contribution is 2.12. The summed E-state index contributed by atoms with van der Waals surface area (Å²) in [5, 5.41) is 3.34. The minimum Gasteiger partial charge on any atom is -0.309 e. The molecule has 114 valence electrons. The number of nitrogens with one attached hydrogen (secondary N) is 1. The molecule has 0 amide bonds. The summed E-state index contributed by atoms with van der Waals surface area (Å²) in [5.74, 6) is 0.125. The molecule has 0 bridgehead atoms. The SMILES string of the molecule is CCS(=O)(=O)N1C=C(CNCc2cccc(I)c2)C=CC1. The normalized spacial score (nSPS) is 15.1. The molecule has 0 saturated carbocycles. The van der Waals surface area contributed by atoms with Crippen LogP contribution in [0.4, 0.5) is 0 Å². The summed E-state index contributed by atoms with van der Waals surface area (Å²) in [5.41, 5.74) is 2.20. The lowest BCUT2D eigenvalue weighted by molar-refractivity contribution is 0.518. The standard InChI is InChI=1S/C15H19IN2O2S/c1-2-21(19,20)18-8-4-6-14(12-18)11-17-10-13-5-3-7-15(16)9-13/h3-7,9,12,17H,2,8,10-11H2,1H3. The van der Waals surface area contributed by atoms with E-state index in [2.05, 4.69) is 46.1 Å². The van der Waals surface area contributed by atoms with Crippen LogP contribution in [0.1, 0.15) is 12.5 Å². The van der Waals surface area contributed by atoms with Crippen LogP contribution in [0.5, 0.6) is 0 Å². The second kappa shape index (κ2) is 7.42. The van der Waals surface area contributed by atoms with Crippen molar-refractivity contribution >= 4 is 32.6 Å². The first kappa shape index (κ1) is 16.5. The average Bonchev–Trinajstić information content (AvgIpc) is 2.48. The molecule has 0 saturated heterocycles. The highest BCUT2D eigenvalue weighted by atomic mass is 127. The second-order valence-electron chi connectivity index (χ2n) is 4.81. The van der Waals surface area contributed by atoms with Gasteiger partial charge in [0, 0.05) is 22.9 Å². The number of rotatable bonds is 6. The molecule has 0 aromatic heterocycles. The van der Waals surface area contributed by atoms with Crippen LogP contribution in [0.25, 0.3) is 0 Å². The Hall–Kier alpha value is -0.860. The van der Waals surface area contributed by atoms with Gasteiger partial charge in [-0.2, -0.15) is 0 Å². The van der Waals surface area contributed by atoms with Crippen molar-refractivity contribution in [3.8, 4) is 0 Å². The lowest BCUT2D eigenvalue weighted by atomic mass is 10.2. The van der Waals surface area contributed by atoms with Crippen molar-refractivity contribution in [3.63, 3.8) is 0 Å². The molecule has 0 fully saturated rings. The van der Waals surface area contributed by atoms with Crippen molar-refractivity contribution in [2.75, 3.05) is 18.8 Å². The topological polar surface area (TPSA) is 49.4 Å². The van der Waals surface area contributed by atoms with Gasteiger partial charge in [0.25, 0.3) is 0 Å². The predicted molar refractivity (Wildman–Crippen MR) is 94.3 cm³/mol. The molecule has 0 spiro atoms. The average molecular weight is 418 g/mol. The van der Waals surface area contributed by atoms with Gasteiger partial charge in [0.15, 0.2) is 0 Å². The molecular formula is C15H19IN2O2S. The van der Waals surface area contributed by atoms with Crippen LogP contribution in [0, 0.1) is 3.57 Å². The van der Waals surface area contributed by atoms with Gasteiger partial charge < -0.3 is 5.32 Å². The quantitative estimate of drug-likeness (QED) is 0.723. The molecule has 21 heavy (non-hydrogen) atoms. The Balaban J connectivity index is 1.92. The van der Waals surface area contributed by atoms with E-state index < -0.39 is 10.0 Å². The lowest BCUT2D eigenvalue weighted by Crippen LogP contribution is -2.30. The molecule has 0 aliphatic carbocycles. The van der Waals surface area contributed by atoms with Gasteiger partial charge in [-0.25, -0.2) is 8.42 Å². The Labute approximate surface area is 140 Å². The summed E-state index contributed by atoms with van der Waals surface area (Å²) in [7, 11) is -3.16. The lowest BCUT2D eigenvalue weighted by Gasteiger charge is -2.22. The first-order chi connectivity index (χ1) is 10.0. The summed E-state index contributed by atoms with van der Waals surface area (Å²) in [4.78, 5) is 0. The molecule has 0 radical (unpaired) electrons. The fourth-order valence-corrected chi connectivity index (χ4v) is 3.60. The van der Waals surface area contributed by atoms with E-state index in [-0.39, 0.29) is 5.75 Å². The van der Waals surface area contributed by atoms with E-state index in [0.29, 0.717) is 13.1 Å². The Morgan fingerprint density at radius 3 is 2.86 bits per heavy atom. The highest BCUT2D eigenvalue weighted by molar-refractivity contribution is 14.1. The van der Waals surface area contributed by atoms with Crippen LogP contribution in [-0.2, 0) is 16.6 Å². The number of hydrogen-bond acceptors (Lipinski definition) is 3. The van der Waals surface area contributed by atoms with Gasteiger partial charge in [0.2, 0.25) is 10.0 Å². The van der Waals surface area contributed by atoms with Crippen LogP contribution >= 0.6 is 22.6 Å². The van der Waals surface area contributed by atoms with Gasteiger partial charge in [0.1, 0.15) is 0 Å². The highest BCUT2D eigenvalue weighted by Gasteiger charge is 2.17. The van der Waals surface area contributed by atoms with Crippen LogP contribution in [0.15, 0.2) is 48.2 Å². The fourth-order valence-electron chi connectivity index (χ4n) is 2.05. The zero-order valence-electron chi connectivity index (χ0n) is 11.9. The Kier molecular flexibility index (Phi) is 5.83. The molecule has 2 rings (SSSR count). The molecule has 1 aromatic carbocycles. The van der Waals surface area contributed by atoms with E-state index in [4.69, 9.17) is 0 Å². The molecule has 1 aliphatic heterocycles. The maximum Gasteiger partial charge on any atom is 0.234 e. The smallest absolute Gasteiger partial charge is 0.234 e. The summed E-state index contributed by atoms with van der Waals surface area (Å²) in [6.07, 6.45) is 5.58. The van der Waals surface area contributed by atoms with Crippen LogP contribution in [0.3, 0.4) is 0 Å². The number of nitrogens with zero attached hydrogens (tertiary/aromatic N) is 1.